The summed E-state index contributed by atoms with van der Waals surface area (Å²) in [5.74, 6) is -0.252. The minimum Gasteiger partial charge on any atom is -0.495 e. The van der Waals surface area contributed by atoms with Gasteiger partial charge in [0.15, 0.2) is 0 Å². The Bertz CT molecular complexity index is 1260. The van der Waals surface area contributed by atoms with Crippen LogP contribution in [0.1, 0.15) is 15.9 Å². The maximum atomic E-state index is 13.0. The first-order valence-corrected chi connectivity index (χ1v) is 10.5. The van der Waals surface area contributed by atoms with Gasteiger partial charge in [0.25, 0.3) is 21.6 Å². The zero-order valence-corrected chi connectivity index (χ0v) is 17.5. The van der Waals surface area contributed by atoms with Crippen molar-refractivity contribution in [2.45, 2.75) is 11.8 Å². The van der Waals surface area contributed by atoms with Crippen LogP contribution in [0.5, 0.6) is 5.75 Å². The molecule has 3 aromatic carbocycles. The molecule has 0 bridgehead atoms. The standard InChI is InChI=1S/C21H19N3O6S/c1-14-10-11-15(21(25)22-16-6-5-7-17(13-16)24(26)27)12-20(14)31(28,29)23-18-8-3-4-9-19(18)30-2/h3-13,23H,1-2H3,(H,22,25). The van der Waals surface area contributed by atoms with E-state index in [1.807, 2.05) is 0 Å². The third kappa shape index (κ3) is 4.98. The monoisotopic (exact) mass is 441 g/mol. The topological polar surface area (TPSA) is 128 Å². The number of nitro groups is 1. The average Bonchev–Trinajstić information content (AvgIpc) is 2.74. The predicted octanol–water partition coefficient (Wildman–Crippen LogP) is 3.96. The molecule has 1 amide bonds. The summed E-state index contributed by atoms with van der Waals surface area (Å²) >= 11 is 0. The molecule has 0 saturated carbocycles. The quantitative estimate of drug-likeness (QED) is 0.422. The van der Waals surface area contributed by atoms with Gasteiger partial charge in [-0.25, -0.2) is 8.42 Å². The van der Waals surface area contributed by atoms with Crippen molar-refractivity contribution in [2.75, 3.05) is 17.1 Å². The van der Waals surface area contributed by atoms with Crippen molar-refractivity contribution in [3.05, 3.63) is 88.0 Å². The van der Waals surface area contributed by atoms with Crippen LogP contribution in [-0.2, 0) is 10.0 Å². The number of para-hydroxylation sites is 2. The van der Waals surface area contributed by atoms with E-state index in [0.717, 1.165) is 0 Å². The first-order chi connectivity index (χ1) is 14.7. The van der Waals surface area contributed by atoms with E-state index in [9.17, 15) is 23.3 Å². The lowest BCUT2D eigenvalue weighted by molar-refractivity contribution is -0.384. The molecule has 0 unspecified atom stereocenters. The van der Waals surface area contributed by atoms with Crippen molar-refractivity contribution >= 4 is 33.0 Å². The highest BCUT2D eigenvalue weighted by molar-refractivity contribution is 7.92. The van der Waals surface area contributed by atoms with E-state index < -0.39 is 20.9 Å². The summed E-state index contributed by atoms with van der Waals surface area (Å²) in [6, 6.07) is 16.2. The Morgan fingerprint density at radius 3 is 2.48 bits per heavy atom. The molecule has 10 heteroatoms. The number of hydrogen-bond donors (Lipinski definition) is 2. The van der Waals surface area contributed by atoms with Crippen LogP contribution in [0.15, 0.2) is 71.6 Å². The van der Waals surface area contributed by atoms with Crippen molar-refractivity contribution in [3.63, 3.8) is 0 Å². The molecule has 0 fully saturated rings. The molecule has 0 saturated heterocycles. The summed E-state index contributed by atoms with van der Waals surface area (Å²) in [5, 5.41) is 13.4. The summed E-state index contributed by atoms with van der Waals surface area (Å²) in [4.78, 5) is 22.9. The summed E-state index contributed by atoms with van der Waals surface area (Å²) in [6.07, 6.45) is 0. The normalized spacial score (nSPS) is 10.9. The molecule has 0 radical (unpaired) electrons. The van der Waals surface area contributed by atoms with Crippen molar-refractivity contribution in [2.24, 2.45) is 0 Å². The third-order valence-electron chi connectivity index (χ3n) is 4.41. The fourth-order valence-corrected chi connectivity index (χ4v) is 4.20. The smallest absolute Gasteiger partial charge is 0.271 e. The fourth-order valence-electron chi connectivity index (χ4n) is 2.86. The van der Waals surface area contributed by atoms with Gasteiger partial charge in [0.05, 0.1) is 22.6 Å². The number of aryl methyl sites for hydroxylation is 1. The van der Waals surface area contributed by atoms with Gasteiger partial charge in [-0.1, -0.05) is 24.3 Å². The summed E-state index contributed by atoms with van der Waals surface area (Å²) in [5.41, 5.74) is 0.824. The molecule has 160 valence electrons. The Balaban J connectivity index is 1.89. The Morgan fingerprint density at radius 1 is 1.03 bits per heavy atom. The number of nitrogens with zero attached hydrogens (tertiary/aromatic N) is 1. The number of methoxy groups -OCH3 is 1. The molecule has 31 heavy (non-hydrogen) atoms. The SMILES string of the molecule is COc1ccccc1NS(=O)(=O)c1cc(C(=O)Nc2cccc([N+](=O)[O-])c2)ccc1C. The Hall–Kier alpha value is -3.92. The first-order valence-electron chi connectivity index (χ1n) is 9.03. The summed E-state index contributed by atoms with van der Waals surface area (Å²) in [6.45, 7) is 1.61. The van der Waals surface area contributed by atoms with Gasteiger partial charge in [-0.3, -0.25) is 19.6 Å². The maximum Gasteiger partial charge on any atom is 0.271 e. The highest BCUT2D eigenvalue weighted by atomic mass is 32.2. The number of amides is 1. The van der Waals surface area contributed by atoms with Crippen LogP contribution in [0.2, 0.25) is 0 Å². The lowest BCUT2D eigenvalue weighted by Gasteiger charge is -2.14. The van der Waals surface area contributed by atoms with Crippen LogP contribution < -0.4 is 14.8 Å². The van der Waals surface area contributed by atoms with Gasteiger partial charge < -0.3 is 10.1 Å². The van der Waals surface area contributed by atoms with Crippen LogP contribution in [0.25, 0.3) is 0 Å². The predicted molar refractivity (Wildman–Crippen MR) is 116 cm³/mol. The molecule has 0 aliphatic rings. The average molecular weight is 441 g/mol. The number of carbonyl (C=O) groups is 1. The number of nitro benzene ring substituents is 1. The van der Waals surface area contributed by atoms with Gasteiger partial charge in [0.1, 0.15) is 5.75 Å². The molecular weight excluding hydrogens is 422 g/mol. The van der Waals surface area contributed by atoms with Gasteiger partial charge in [-0.15, -0.1) is 0 Å². The van der Waals surface area contributed by atoms with Gasteiger partial charge >= 0.3 is 0 Å². The van der Waals surface area contributed by atoms with E-state index in [0.29, 0.717) is 11.3 Å². The molecule has 0 aromatic heterocycles. The Labute approximate surface area is 178 Å². The van der Waals surface area contributed by atoms with Gasteiger partial charge in [-0.05, 0) is 42.8 Å². The van der Waals surface area contributed by atoms with Gasteiger partial charge in [0.2, 0.25) is 0 Å². The minimum atomic E-state index is -4.02. The molecular formula is C21H19N3O6S. The summed E-state index contributed by atoms with van der Waals surface area (Å²) < 4.78 is 33.6. The highest BCUT2D eigenvalue weighted by Gasteiger charge is 2.21. The number of anilines is 2. The Morgan fingerprint density at radius 2 is 1.77 bits per heavy atom. The maximum absolute atomic E-state index is 13.0. The fraction of sp³-hybridized carbons (Fsp3) is 0.0952. The van der Waals surface area contributed by atoms with Crippen molar-refractivity contribution in [1.82, 2.24) is 0 Å². The number of non-ortho nitro benzene ring substituents is 1. The van der Waals surface area contributed by atoms with E-state index in [4.69, 9.17) is 4.74 Å². The van der Waals surface area contributed by atoms with Crippen LogP contribution in [0.4, 0.5) is 17.1 Å². The van der Waals surface area contributed by atoms with Crippen LogP contribution in [-0.4, -0.2) is 26.4 Å². The zero-order valence-electron chi connectivity index (χ0n) is 16.7. The molecule has 0 aliphatic carbocycles. The second-order valence-electron chi connectivity index (χ2n) is 6.55. The van der Waals surface area contributed by atoms with E-state index in [1.165, 1.54) is 49.6 Å². The molecule has 2 N–H and O–H groups in total. The number of carbonyl (C=O) groups excluding carboxylic acids is 1. The highest BCUT2D eigenvalue weighted by Crippen LogP contribution is 2.28. The van der Waals surface area contributed by atoms with E-state index in [-0.39, 0.29) is 27.5 Å². The summed E-state index contributed by atoms with van der Waals surface area (Å²) in [7, 11) is -2.59. The largest absolute Gasteiger partial charge is 0.495 e. The van der Waals surface area contributed by atoms with E-state index in [1.54, 1.807) is 31.2 Å². The van der Waals surface area contributed by atoms with Gasteiger partial charge in [-0.2, -0.15) is 0 Å². The number of ether oxygens (including phenoxy) is 1. The Kier molecular flexibility index (Phi) is 6.21. The third-order valence-corrected chi connectivity index (χ3v) is 5.91. The van der Waals surface area contributed by atoms with E-state index in [2.05, 4.69) is 10.0 Å². The zero-order chi connectivity index (χ0) is 22.6. The van der Waals surface area contributed by atoms with Crippen molar-refractivity contribution in [1.29, 1.82) is 0 Å². The molecule has 3 rings (SSSR count). The molecule has 0 heterocycles. The lowest BCUT2D eigenvalue weighted by Crippen LogP contribution is -2.17. The first kappa shape index (κ1) is 21.8. The van der Waals surface area contributed by atoms with Crippen LogP contribution in [0.3, 0.4) is 0 Å². The molecule has 9 nitrogen and oxygen atoms in total. The van der Waals surface area contributed by atoms with E-state index >= 15 is 0 Å². The number of sulfonamides is 1. The van der Waals surface area contributed by atoms with Crippen molar-refractivity contribution < 1.29 is 22.9 Å². The number of rotatable bonds is 7. The van der Waals surface area contributed by atoms with Crippen LogP contribution >= 0.6 is 0 Å². The lowest BCUT2D eigenvalue weighted by atomic mass is 10.1. The molecule has 0 spiro atoms. The van der Waals surface area contributed by atoms with Gasteiger partial charge in [0, 0.05) is 23.4 Å². The molecule has 0 aliphatic heterocycles. The van der Waals surface area contributed by atoms with Crippen molar-refractivity contribution in [3.8, 4) is 5.75 Å². The molecule has 0 atom stereocenters. The van der Waals surface area contributed by atoms with Crippen LogP contribution in [0, 0.1) is 17.0 Å². The second-order valence-corrected chi connectivity index (χ2v) is 8.20. The number of hydrogen-bond acceptors (Lipinski definition) is 6. The minimum absolute atomic E-state index is 0.0786. The number of benzene rings is 3. The second kappa shape index (κ2) is 8.84. The number of nitrogens with one attached hydrogen (secondary N) is 2. The molecule has 3 aromatic rings.